The monoisotopic (exact) mass is 801 g/mol. The van der Waals surface area contributed by atoms with Gasteiger partial charge in [0.05, 0.1) is 0 Å². The maximum Gasteiger partial charge on any atom is 0.306 e. The van der Waals surface area contributed by atoms with Crippen LogP contribution in [0.15, 0.2) is 36.5 Å². The Morgan fingerprint density at radius 3 is 1.04 bits per heavy atom. The summed E-state index contributed by atoms with van der Waals surface area (Å²) in [5.74, 6) is -0.891. The van der Waals surface area contributed by atoms with Crippen LogP contribution in [-0.2, 0) is 28.6 Å². The van der Waals surface area contributed by atoms with Crippen LogP contribution in [0, 0.1) is 0 Å². The predicted octanol–water partition coefficient (Wildman–Crippen LogP) is 15.8. The molecule has 0 aromatic rings. The van der Waals surface area contributed by atoms with Crippen LogP contribution < -0.4 is 0 Å². The average Bonchev–Trinajstić information content (AvgIpc) is 3.21. The van der Waals surface area contributed by atoms with Gasteiger partial charge in [0.25, 0.3) is 0 Å². The Morgan fingerprint density at radius 1 is 0.351 bits per heavy atom. The van der Waals surface area contributed by atoms with Gasteiger partial charge in [-0.1, -0.05) is 192 Å². The molecule has 0 N–H and O–H groups in total. The number of hydrogen-bond donors (Lipinski definition) is 0. The summed E-state index contributed by atoms with van der Waals surface area (Å²) in [6, 6.07) is 0. The minimum Gasteiger partial charge on any atom is -0.462 e. The third-order valence-electron chi connectivity index (χ3n) is 10.6. The van der Waals surface area contributed by atoms with Gasteiger partial charge in [0, 0.05) is 19.3 Å². The summed E-state index contributed by atoms with van der Waals surface area (Å²) < 4.78 is 16.7. The SMILES string of the molecule is CCCCC/C=C\CCCCCCCC(=O)OC(COC(=O)CCCCCCCCC/C=C\C/C=C\CCCCCC)COC(=O)CCCCCCCCCCC. The molecule has 0 saturated carbocycles. The number of hydrogen-bond acceptors (Lipinski definition) is 6. The van der Waals surface area contributed by atoms with E-state index in [1.807, 2.05) is 0 Å². The van der Waals surface area contributed by atoms with Gasteiger partial charge in [-0.05, 0) is 77.0 Å². The molecule has 0 saturated heterocycles. The number of unbranched alkanes of at least 4 members (excludes halogenated alkanes) is 27. The van der Waals surface area contributed by atoms with Gasteiger partial charge in [-0.3, -0.25) is 14.4 Å². The van der Waals surface area contributed by atoms with Crippen molar-refractivity contribution >= 4 is 17.9 Å². The summed E-state index contributed by atoms with van der Waals surface area (Å²) in [7, 11) is 0. The van der Waals surface area contributed by atoms with E-state index in [1.165, 1.54) is 128 Å². The number of esters is 3. The van der Waals surface area contributed by atoms with Gasteiger partial charge in [-0.15, -0.1) is 0 Å². The minimum atomic E-state index is -0.774. The van der Waals surface area contributed by atoms with E-state index in [0.29, 0.717) is 19.3 Å². The van der Waals surface area contributed by atoms with Crippen LogP contribution >= 0.6 is 0 Å². The Kier molecular flexibility index (Phi) is 44.4. The van der Waals surface area contributed by atoms with E-state index in [4.69, 9.17) is 14.2 Å². The molecule has 0 fully saturated rings. The molecule has 1 atom stereocenters. The molecular weight excluding hydrogens is 709 g/mol. The Bertz CT molecular complexity index is 969. The van der Waals surface area contributed by atoms with E-state index in [-0.39, 0.29) is 31.1 Å². The van der Waals surface area contributed by atoms with Gasteiger partial charge in [-0.2, -0.15) is 0 Å². The van der Waals surface area contributed by atoms with Crippen LogP contribution in [0.1, 0.15) is 252 Å². The zero-order chi connectivity index (χ0) is 41.5. The van der Waals surface area contributed by atoms with Crippen LogP contribution in [0.4, 0.5) is 0 Å². The van der Waals surface area contributed by atoms with E-state index in [2.05, 4.69) is 57.2 Å². The average molecular weight is 801 g/mol. The molecule has 0 aliphatic carbocycles. The molecule has 0 spiro atoms. The van der Waals surface area contributed by atoms with Crippen LogP contribution in [-0.4, -0.2) is 37.2 Å². The van der Waals surface area contributed by atoms with Crippen LogP contribution in [0.25, 0.3) is 0 Å². The first-order valence-electron chi connectivity index (χ1n) is 24.5. The molecule has 0 aliphatic rings. The van der Waals surface area contributed by atoms with Crippen molar-refractivity contribution in [3.05, 3.63) is 36.5 Å². The van der Waals surface area contributed by atoms with Crippen molar-refractivity contribution in [3.8, 4) is 0 Å². The Balaban J connectivity index is 4.31. The summed E-state index contributed by atoms with van der Waals surface area (Å²) in [5.41, 5.74) is 0. The van der Waals surface area contributed by atoms with Gasteiger partial charge in [0.1, 0.15) is 13.2 Å². The molecule has 57 heavy (non-hydrogen) atoms. The van der Waals surface area contributed by atoms with Gasteiger partial charge in [-0.25, -0.2) is 0 Å². The first-order chi connectivity index (χ1) is 28.0. The second kappa shape index (κ2) is 46.3. The fraction of sp³-hybridized carbons (Fsp3) is 0.824. The number of carbonyl (C=O) groups is 3. The fourth-order valence-corrected chi connectivity index (χ4v) is 6.88. The Hall–Kier alpha value is -2.37. The van der Waals surface area contributed by atoms with Gasteiger partial charge >= 0.3 is 17.9 Å². The first kappa shape index (κ1) is 54.6. The summed E-state index contributed by atoms with van der Waals surface area (Å²) in [4.78, 5) is 37.8. The maximum atomic E-state index is 12.7. The van der Waals surface area contributed by atoms with Crippen LogP contribution in [0.5, 0.6) is 0 Å². The van der Waals surface area contributed by atoms with Gasteiger partial charge in [0.15, 0.2) is 6.10 Å². The topological polar surface area (TPSA) is 78.9 Å². The van der Waals surface area contributed by atoms with Gasteiger partial charge < -0.3 is 14.2 Å². The highest BCUT2D eigenvalue weighted by atomic mass is 16.6. The van der Waals surface area contributed by atoms with Crippen molar-refractivity contribution in [2.24, 2.45) is 0 Å². The first-order valence-corrected chi connectivity index (χ1v) is 24.5. The fourth-order valence-electron chi connectivity index (χ4n) is 6.88. The van der Waals surface area contributed by atoms with E-state index >= 15 is 0 Å². The van der Waals surface area contributed by atoms with E-state index in [1.54, 1.807) is 0 Å². The van der Waals surface area contributed by atoms with E-state index in [0.717, 1.165) is 83.5 Å². The molecule has 0 aliphatic heterocycles. The molecule has 0 radical (unpaired) electrons. The highest BCUT2D eigenvalue weighted by molar-refractivity contribution is 5.71. The van der Waals surface area contributed by atoms with Gasteiger partial charge in [0.2, 0.25) is 0 Å². The van der Waals surface area contributed by atoms with Crippen molar-refractivity contribution in [2.75, 3.05) is 13.2 Å². The zero-order valence-corrected chi connectivity index (χ0v) is 37.9. The quantitative estimate of drug-likeness (QED) is 0.0264. The van der Waals surface area contributed by atoms with Crippen molar-refractivity contribution in [1.29, 1.82) is 0 Å². The van der Waals surface area contributed by atoms with Crippen molar-refractivity contribution in [1.82, 2.24) is 0 Å². The normalized spacial score (nSPS) is 12.3. The molecule has 332 valence electrons. The lowest BCUT2D eigenvalue weighted by molar-refractivity contribution is -0.167. The lowest BCUT2D eigenvalue weighted by atomic mass is 10.1. The molecule has 6 heteroatoms. The summed E-state index contributed by atoms with van der Waals surface area (Å²) >= 11 is 0. The zero-order valence-electron chi connectivity index (χ0n) is 37.9. The second-order valence-electron chi connectivity index (χ2n) is 16.4. The van der Waals surface area contributed by atoms with Crippen molar-refractivity contribution in [2.45, 2.75) is 258 Å². The van der Waals surface area contributed by atoms with E-state index in [9.17, 15) is 14.4 Å². The molecule has 0 heterocycles. The summed E-state index contributed by atoms with van der Waals surface area (Å²) in [6.45, 7) is 6.57. The summed E-state index contributed by atoms with van der Waals surface area (Å²) in [5, 5.41) is 0. The smallest absolute Gasteiger partial charge is 0.306 e. The number of rotatable bonds is 44. The molecule has 0 amide bonds. The van der Waals surface area contributed by atoms with Crippen molar-refractivity contribution < 1.29 is 28.6 Å². The largest absolute Gasteiger partial charge is 0.462 e. The Morgan fingerprint density at radius 2 is 0.632 bits per heavy atom. The van der Waals surface area contributed by atoms with Crippen LogP contribution in [0.3, 0.4) is 0 Å². The third-order valence-corrected chi connectivity index (χ3v) is 10.6. The maximum absolute atomic E-state index is 12.7. The molecular formula is C51H92O6. The molecule has 0 rings (SSSR count). The van der Waals surface area contributed by atoms with Crippen LogP contribution in [0.2, 0.25) is 0 Å². The highest BCUT2D eigenvalue weighted by Crippen LogP contribution is 2.14. The highest BCUT2D eigenvalue weighted by Gasteiger charge is 2.19. The molecule has 6 nitrogen and oxygen atoms in total. The molecule has 0 bridgehead atoms. The number of carbonyl (C=O) groups excluding carboxylic acids is 3. The number of allylic oxidation sites excluding steroid dienone is 6. The Labute approximate surface area is 353 Å². The molecule has 0 aromatic heterocycles. The number of ether oxygens (including phenoxy) is 3. The summed E-state index contributed by atoms with van der Waals surface area (Å²) in [6.07, 6.45) is 52.7. The van der Waals surface area contributed by atoms with E-state index < -0.39 is 6.10 Å². The minimum absolute atomic E-state index is 0.0761. The molecule has 0 aromatic carbocycles. The second-order valence-corrected chi connectivity index (χ2v) is 16.4. The predicted molar refractivity (Wildman–Crippen MR) is 242 cm³/mol. The molecule has 1 unspecified atom stereocenters. The lowest BCUT2D eigenvalue weighted by Gasteiger charge is -2.18. The lowest BCUT2D eigenvalue weighted by Crippen LogP contribution is -2.30. The standard InChI is InChI=1S/C51H92O6/c1-4-7-10-13-16-19-21-23-24-25-26-27-28-30-32-35-38-41-44-50(53)56-47-48(46-55-49(52)43-40-37-34-31-18-15-12-9-6-3)57-51(54)45-42-39-36-33-29-22-20-17-14-11-8-5-2/h17,19-21,24-25,48H,4-16,18,22-23,26-47H2,1-3H3/b20-17-,21-19-,25-24-. The third kappa shape index (κ3) is 44.6. The van der Waals surface area contributed by atoms with Crippen molar-refractivity contribution in [3.63, 3.8) is 0 Å².